The van der Waals surface area contributed by atoms with E-state index in [1.807, 2.05) is 0 Å². The van der Waals surface area contributed by atoms with Crippen molar-refractivity contribution in [3.8, 4) is 0 Å². The number of carbonyl (C=O) groups is 2. The van der Waals surface area contributed by atoms with Gasteiger partial charge in [-0.15, -0.1) is 0 Å². The number of fused-ring (bicyclic) bond motifs is 3. The zero-order valence-electron chi connectivity index (χ0n) is 9.33. The summed E-state index contributed by atoms with van der Waals surface area (Å²) in [7, 11) is 0. The molecule has 0 spiro atoms. The lowest BCUT2D eigenvalue weighted by molar-refractivity contribution is -0.156. The maximum absolute atomic E-state index is 12.1. The predicted octanol–water partition coefficient (Wildman–Crippen LogP) is -0.412. The SMILES string of the molecule is O=C1NC(=O)C2(n3cnc4nccnc43)CC1C2. The minimum atomic E-state index is -0.705. The summed E-state index contributed by atoms with van der Waals surface area (Å²) in [5, 5.41) is 2.40. The lowest BCUT2D eigenvalue weighted by atomic mass is 9.64. The number of hydrogen-bond donors (Lipinski definition) is 1. The Morgan fingerprint density at radius 3 is 2.78 bits per heavy atom. The first-order valence-electron chi connectivity index (χ1n) is 5.70. The Labute approximate surface area is 101 Å². The standard InChI is InChI=1S/C11H9N5O2/c17-9-6-3-11(4-6,10(18)15-9)16-5-14-7-8(16)13-2-1-12-7/h1-2,5-6H,3-4H2,(H,15,17,18). The van der Waals surface area contributed by atoms with E-state index in [9.17, 15) is 9.59 Å². The van der Waals surface area contributed by atoms with E-state index in [2.05, 4.69) is 20.3 Å². The second-order valence-electron chi connectivity index (χ2n) is 4.77. The molecule has 2 amide bonds. The molecular weight excluding hydrogens is 234 g/mol. The average Bonchev–Trinajstić information content (AvgIpc) is 2.71. The Morgan fingerprint density at radius 2 is 2.00 bits per heavy atom. The van der Waals surface area contributed by atoms with E-state index in [4.69, 9.17) is 0 Å². The molecule has 90 valence electrons. The number of hydrogen-bond acceptors (Lipinski definition) is 5. The highest BCUT2D eigenvalue weighted by Gasteiger charge is 2.59. The molecule has 5 rings (SSSR count). The van der Waals surface area contributed by atoms with Crippen LogP contribution < -0.4 is 5.32 Å². The van der Waals surface area contributed by atoms with Crippen LogP contribution in [0.25, 0.3) is 11.3 Å². The normalized spacial score (nSPS) is 30.1. The van der Waals surface area contributed by atoms with Crippen molar-refractivity contribution < 1.29 is 9.59 Å². The van der Waals surface area contributed by atoms with Crippen molar-refractivity contribution in [2.24, 2.45) is 5.92 Å². The third-order valence-electron chi connectivity index (χ3n) is 3.84. The monoisotopic (exact) mass is 243 g/mol. The van der Waals surface area contributed by atoms with Crippen molar-refractivity contribution in [3.05, 3.63) is 18.7 Å². The molecule has 1 aliphatic carbocycles. The van der Waals surface area contributed by atoms with E-state index in [1.54, 1.807) is 23.3 Å². The molecule has 1 saturated carbocycles. The summed E-state index contributed by atoms with van der Waals surface area (Å²) in [6.07, 6.45) is 5.76. The van der Waals surface area contributed by atoms with Crippen LogP contribution in [0, 0.1) is 5.92 Å². The van der Waals surface area contributed by atoms with Crippen LogP contribution in [0.2, 0.25) is 0 Å². The van der Waals surface area contributed by atoms with Crippen LogP contribution in [0.15, 0.2) is 18.7 Å². The van der Waals surface area contributed by atoms with Crippen molar-refractivity contribution in [2.75, 3.05) is 0 Å². The number of aromatic nitrogens is 4. The highest BCUT2D eigenvalue weighted by atomic mass is 16.2. The number of nitrogens with one attached hydrogen (secondary N) is 1. The highest BCUT2D eigenvalue weighted by molar-refractivity contribution is 6.06. The number of imidazole rings is 1. The van der Waals surface area contributed by atoms with Crippen LogP contribution in [-0.4, -0.2) is 31.3 Å². The predicted molar refractivity (Wildman–Crippen MR) is 59.2 cm³/mol. The van der Waals surface area contributed by atoms with Gasteiger partial charge in [0.05, 0.1) is 6.33 Å². The van der Waals surface area contributed by atoms with Gasteiger partial charge < -0.3 is 0 Å². The topological polar surface area (TPSA) is 89.8 Å². The highest BCUT2D eigenvalue weighted by Crippen LogP contribution is 2.48. The molecule has 3 fully saturated rings. The van der Waals surface area contributed by atoms with Gasteiger partial charge in [-0.05, 0) is 12.8 Å². The summed E-state index contributed by atoms with van der Waals surface area (Å²) in [6.45, 7) is 0. The Kier molecular flexibility index (Phi) is 1.57. The maximum atomic E-state index is 12.1. The van der Waals surface area contributed by atoms with Gasteiger partial charge in [0.15, 0.2) is 11.3 Å². The number of carbonyl (C=O) groups excluding carboxylic acids is 2. The minimum Gasteiger partial charge on any atom is -0.298 e. The summed E-state index contributed by atoms with van der Waals surface area (Å²) >= 11 is 0. The first-order chi connectivity index (χ1) is 8.71. The largest absolute Gasteiger partial charge is 0.298 e. The fourth-order valence-electron chi connectivity index (χ4n) is 2.83. The van der Waals surface area contributed by atoms with Crippen molar-refractivity contribution in [2.45, 2.75) is 18.4 Å². The Morgan fingerprint density at radius 1 is 1.22 bits per heavy atom. The second-order valence-corrected chi connectivity index (χ2v) is 4.77. The molecule has 0 atom stereocenters. The van der Waals surface area contributed by atoms with Crippen LogP contribution in [-0.2, 0) is 15.1 Å². The molecule has 2 aliphatic heterocycles. The van der Waals surface area contributed by atoms with Crippen molar-refractivity contribution in [1.82, 2.24) is 24.8 Å². The minimum absolute atomic E-state index is 0.0724. The Balaban J connectivity index is 1.89. The van der Waals surface area contributed by atoms with Gasteiger partial charge >= 0.3 is 0 Å². The number of nitrogens with zero attached hydrogens (tertiary/aromatic N) is 4. The van der Waals surface area contributed by atoms with E-state index in [0.717, 1.165) is 0 Å². The molecule has 7 nitrogen and oxygen atoms in total. The molecule has 0 radical (unpaired) electrons. The number of piperidine rings is 2. The van der Waals surface area contributed by atoms with Crippen LogP contribution >= 0.6 is 0 Å². The third-order valence-corrected chi connectivity index (χ3v) is 3.84. The van der Waals surface area contributed by atoms with Gasteiger partial charge in [-0.2, -0.15) is 0 Å². The second kappa shape index (κ2) is 2.92. The first-order valence-corrected chi connectivity index (χ1v) is 5.70. The molecule has 0 aromatic carbocycles. The van der Waals surface area contributed by atoms with Crippen LogP contribution in [0.4, 0.5) is 0 Å². The number of imide groups is 1. The van der Waals surface area contributed by atoms with E-state index >= 15 is 0 Å². The molecule has 2 bridgehead atoms. The molecule has 7 heteroatoms. The van der Waals surface area contributed by atoms with E-state index in [1.165, 1.54) is 0 Å². The molecule has 1 N–H and O–H groups in total. The van der Waals surface area contributed by atoms with Gasteiger partial charge in [-0.1, -0.05) is 0 Å². The lowest BCUT2D eigenvalue weighted by Crippen LogP contribution is -2.66. The fraction of sp³-hybridized carbons (Fsp3) is 0.364. The lowest BCUT2D eigenvalue weighted by Gasteiger charge is -2.49. The molecule has 18 heavy (non-hydrogen) atoms. The molecule has 2 saturated heterocycles. The van der Waals surface area contributed by atoms with Gasteiger partial charge in [-0.25, -0.2) is 15.0 Å². The van der Waals surface area contributed by atoms with E-state index < -0.39 is 5.54 Å². The summed E-state index contributed by atoms with van der Waals surface area (Å²) in [5.74, 6) is -0.505. The number of rotatable bonds is 1. The van der Waals surface area contributed by atoms with E-state index in [0.29, 0.717) is 24.1 Å². The Hall–Kier alpha value is -2.31. The molecule has 2 aromatic heterocycles. The summed E-state index contributed by atoms with van der Waals surface area (Å²) in [5.41, 5.74) is 0.393. The van der Waals surface area contributed by atoms with Crippen LogP contribution in [0.1, 0.15) is 12.8 Å². The average molecular weight is 243 g/mol. The molecule has 3 aliphatic rings. The van der Waals surface area contributed by atoms with Crippen LogP contribution in [0.5, 0.6) is 0 Å². The zero-order valence-corrected chi connectivity index (χ0v) is 9.33. The zero-order chi connectivity index (χ0) is 12.3. The van der Waals surface area contributed by atoms with Gasteiger partial charge in [0.2, 0.25) is 5.91 Å². The van der Waals surface area contributed by atoms with Crippen LogP contribution in [0.3, 0.4) is 0 Å². The smallest absolute Gasteiger partial charge is 0.252 e. The molecule has 0 unspecified atom stereocenters. The molecule has 4 heterocycles. The quantitative estimate of drug-likeness (QED) is 0.687. The first kappa shape index (κ1) is 9.69. The molecular formula is C11H9N5O2. The van der Waals surface area contributed by atoms with Gasteiger partial charge in [0.25, 0.3) is 5.91 Å². The molecule has 2 aromatic rings. The van der Waals surface area contributed by atoms with E-state index in [-0.39, 0.29) is 17.7 Å². The van der Waals surface area contributed by atoms with Crippen molar-refractivity contribution in [3.63, 3.8) is 0 Å². The Bertz CT molecular complexity index is 686. The van der Waals surface area contributed by atoms with Crippen molar-refractivity contribution in [1.29, 1.82) is 0 Å². The summed E-state index contributed by atoms with van der Waals surface area (Å²) in [6, 6.07) is 0. The van der Waals surface area contributed by atoms with Gasteiger partial charge in [0, 0.05) is 18.3 Å². The summed E-state index contributed by atoms with van der Waals surface area (Å²) in [4.78, 5) is 36.0. The fourth-order valence-corrected chi connectivity index (χ4v) is 2.83. The summed E-state index contributed by atoms with van der Waals surface area (Å²) < 4.78 is 1.74. The third kappa shape index (κ3) is 0.969. The van der Waals surface area contributed by atoms with Crippen molar-refractivity contribution >= 4 is 23.1 Å². The van der Waals surface area contributed by atoms with Gasteiger partial charge in [-0.3, -0.25) is 19.5 Å². The number of amides is 2. The van der Waals surface area contributed by atoms with Gasteiger partial charge in [0.1, 0.15) is 5.54 Å². The maximum Gasteiger partial charge on any atom is 0.252 e.